The van der Waals surface area contributed by atoms with Crippen LogP contribution in [-0.4, -0.2) is 26.3 Å². The van der Waals surface area contributed by atoms with Crippen molar-refractivity contribution in [2.75, 3.05) is 27.1 Å². The summed E-state index contributed by atoms with van der Waals surface area (Å²) in [6.07, 6.45) is 0. The first-order chi connectivity index (χ1) is 9.10. The van der Waals surface area contributed by atoms with Crippen LogP contribution in [0.25, 0.3) is 11.3 Å². The lowest BCUT2D eigenvalue weighted by atomic mass is 10.1. The monoisotopic (exact) mass is 280 g/mol. The Morgan fingerprint density at radius 1 is 1.05 bits per heavy atom. The van der Waals surface area contributed by atoms with Crippen LogP contribution in [0.2, 0.25) is 0 Å². The molecule has 2 N–H and O–H groups in total. The minimum absolute atomic E-state index is 0.619. The van der Waals surface area contributed by atoms with Gasteiger partial charge in [-0.15, -0.1) is 11.3 Å². The molecule has 2 rings (SSSR count). The number of aryl methyl sites for hydroxylation is 1. The standard InChI is InChI=1S/C13H16N2O3S/c1-7-15-12(13(14)19-7)11-9(17-3)5-8(16-2)6-10(11)18-4/h5-6H,14H2,1-4H3. The summed E-state index contributed by atoms with van der Waals surface area (Å²) in [5.41, 5.74) is 7.43. The van der Waals surface area contributed by atoms with E-state index in [1.165, 1.54) is 11.3 Å². The van der Waals surface area contributed by atoms with E-state index in [-0.39, 0.29) is 0 Å². The van der Waals surface area contributed by atoms with Gasteiger partial charge in [0.2, 0.25) is 0 Å². The highest BCUT2D eigenvalue weighted by molar-refractivity contribution is 7.16. The molecule has 0 saturated heterocycles. The maximum Gasteiger partial charge on any atom is 0.135 e. The lowest BCUT2D eigenvalue weighted by Gasteiger charge is -2.14. The number of aromatic nitrogens is 1. The molecule has 0 amide bonds. The third-order valence-corrected chi connectivity index (χ3v) is 3.51. The zero-order valence-corrected chi connectivity index (χ0v) is 12.1. The van der Waals surface area contributed by atoms with E-state index >= 15 is 0 Å². The van der Waals surface area contributed by atoms with Crippen molar-refractivity contribution >= 4 is 16.3 Å². The Bertz CT molecular complexity index is 571. The Hall–Kier alpha value is -1.95. The molecule has 6 heteroatoms. The van der Waals surface area contributed by atoms with Gasteiger partial charge < -0.3 is 19.9 Å². The van der Waals surface area contributed by atoms with Crippen LogP contribution < -0.4 is 19.9 Å². The van der Waals surface area contributed by atoms with Crippen molar-refractivity contribution in [1.82, 2.24) is 4.98 Å². The molecule has 1 heterocycles. The van der Waals surface area contributed by atoms with Crippen LogP contribution in [0.4, 0.5) is 5.00 Å². The van der Waals surface area contributed by atoms with Crippen molar-refractivity contribution in [3.63, 3.8) is 0 Å². The molecule has 0 fully saturated rings. The highest BCUT2D eigenvalue weighted by Gasteiger charge is 2.20. The van der Waals surface area contributed by atoms with Gasteiger partial charge in [0, 0.05) is 12.1 Å². The second-order valence-corrected chi connectivity index (χ2v) is 5.09. The lowest BCUT2D eigenvalue weighted by molar-refractivity contribution is 0.377. The van der Waals surface area contributed by atoms with E-state index in [1.807, 2.05) is 6.92 Å². The van der Waals surface area contributed by atoms with Gasteiger partial charge in [-0.3, -0.25) is 0 Å². The Morgan fingerprint density at radius 2 is 1.63 bits per heavy atom. The van der Waals surface area contributed by atoms with Crippen LogP contribution in [0, 0.1) is 6.92 Å². The van der Waals surface area contributed by atoms with E-state index in [4.69, 9.17) is 19.9 Å². The molecule has 0 radical (unpaired) electrons. The third kappa shape index (κ3) is 2.44. The predicted octanol–water partition coefficient (Wildman–Crippen LogP) is 2.73. The number of hydrogen-bond acceptors (Lipinski definition) is 6. The topological polar surface area (TPSA) is 66.6 Å². The van der Waals surface area contributed by atoms with Gasteiger partial charge in [0.1, 0.15) is 27.9 Å². The Balaban J connectivity index is 2.70. The van der Waals surface area contributed by atoms with E-state index in [9.17, 15) is 0 Å². The molecular weight excluding hydrogens is 264 g/mol. The van der Waals surface area contributed by atoms with Gasteiger partial charge in [-0.05, 0) is 6.92 Å². The van der Waals surface area contributed by atoms with Crippen molar-refractivity contribution in [2.24, 2.45) is 0 Å². The fourth-order valence-electron chi connectivity index (χ4n) is 1.86. The zero-order chi connectivity index (χ0) is 14.0. The summed E-state index contributed by atoms with van der Waals surface area (Å²) in [6, 6.07) is 3.57. The van der Waals surface area contributed by atoms with Crippen molar-refractivity contribution in [1.29, 1.82) is 0 Å². The molecule has 0 bridgehead atoms. The van der Waals surface area contributed by atoms with E-state index in [1.54, 1.807) is 33.5 Å². The quantitative estimate of drug-likeness (QED) is 0.932. The van der Waals surface area contributed by atoms with Gasteiger partial charge in [0.15, 0.2) is 0 Å². The lowest BCUT2D eigenvalue weighted by Crippen LogP contribution is -1.97. The minimum Gasteiger partial charge on any atom is -0.496 e. The maximum absolute atomic E-state index is 6.00. The molecule has 5 nitrogen and oxygen atoms in total. The number of benzene rings is 1. The molecule has 0 aliphatic rings. The van der Waals surface area contributed by atoms with Crippen LogP contribution in [-0.2, 0) is 0 Å². The van der Waals surface area contributed by atoms with E-state index in [0.717, 1.165) is 10.6 Å². The van der Waals surface area contributed by atoms with Crippen LogP contribution in [0.1, 0.15) is 5.01 Å². The van der Waals surface area contributed by atoms with Crippen LogP contribution in [0.5, 0.6) is 17.2 Å². The predicted molar refractivity (Wildman–Crippen MR) is 76.4 cm³/mol. The van der Waals surface area contributed by atoms with Crippen molar-refractivity contribution in [3.8, 4) is 28.5 Å². The molecule has 1 aromatic carbocycles. The molecular formula is C13H16N2O3S. The van der Waals surface area contributed by atoms with E-state index < -0.39 is 0 Å². The molecule has 102 valence electrons. The first-order valence-electron chi connectivity index (χ1n) is 5.64. The Labute approximate surface area is 115 Å². The van der Waals surface area contributed by atoms with Gasteiger partial charge >= 0.3 is 0 Å². The number of methoxy groups -OCH3 is 3. The van der Waals surface area contributed by atoms with Crippen LogP contribution in [0.15, 0.2) is 12.1 Å². The first-order valence-corrected chi connectivity index (χ1v) is 6.45. The number of ether oxygens (including phenoxy) is 3. The van der Waals surface area contributed by atoms with Crippen LogP contribution in [0.3, 0.4) is 0 Å². The number of anilines is 1. The first kappa shape index (κ1) is 13.5. The average Bonchev–Trinajstić information content (AvgIpc) is 2.75. The molecule has 0 unspecified atom stereocenters. The minimum atomic E-state index is 0.619. The molecule has 0 aliphatic carbocycles. The molecule has 1 aromatic heterocycles. The third-order valence-electron chi connectivity index (χ3n) is 2.71. The summed E-state index contributed by atoms with van der Waals surface area (Å²) in [7, 11) is 4.77. The summed E-state index contributed by atoms with van der Waals surface area (Å²) in [4.78, 5) is 4.45. The number of nitrogen functional groups attached to an aromatic ring is 1. The van der Waals surface area contributed by atoms with Gasteiger partial charge in [-0.1, -0.05) is 0 Å². The molecule has 19 heavy (non-hydrogen) atoms. The summed E-state index contributed by atoms with van der Waals surface area (Å²) < 4.78 is 16.0. The summed E-state index contributed by atoms with van der Waals surface area (Å²) in [6.45, 7) is 1.91. The number of nitrogens with zero attached hydrogens (tertiary/aromatic N) is 1. The van der Waals surface area contributed by atoms with Gasteiger partial charge in [0.25, 0.3) is 0 Å². The molecule has 0 saturated carbocycles. The second kappa shape index (κ2) is 5.36. The average molecular weight is 280 g/mol. The smallest absolute Gasteiger partial charge is 0.135 e. The number of hydrogen-bond donors (Lipinski definition) is 1. The van der Waals surface area contributed by atoms with E-state index in [0.29, 0.717) is 27.9 Å². The Kier molecular flexibility index (Phi) is 3.80. The van der Waals surface area contributed by atoms with Gasteiger partial charge in [0.05, 0.1) is 31.9 Å². The fourth-order valence-corrected chi connectivity index (χ4v) is 2.56. The number of rotatable bonds is 4. The van der Waals surface area contributed by atoms with Crippen molar-refractivity contribution in [2.45, 2.75) is 6.92 Å². The number of thiazole rings is 1. The zero-order valence-electron chi connectivity index (χ0n) is 11.3. The fraction of sp³-hybridized carbons (Fsp3) is 0.308. The molecule has 2 aromatic rings. The summed E-state index contributed by atoms with van der Waals surface area (Å²) in [5.74, 6) is 1.89. The molecule has 0 aliphatic heterocycles. The SMILES string of the molecule is COc1cc(OC)c(-c2nc(C)sc2N)c(OC)c1. The summed E-state index contributed by atoms with van der Waals surface area (Å²) in [5, 5.41) is 1.53. The molecule has 0 spiro atoms. The highest BCUT2D eigenvalue weighted by Crippen LogP contribution is 2.44. The molecule has 0 atom stereocenters. The van der Waals surface area contributed by atoms with Gasteiger partial charge in [-0.25, -0.2) is 4.98 Å². The second-order valence-electron chi connectivity index (χ2n) is 3.85. The van der Waals surface area contributed by atoms with Crippen LogP contribution >= 0.6 is 11.3 Å². The van der Waals surface area contributed by atoms with Crippen molar-refractivity contribution in [3.05, 3.63) is 17.1 Å². The van der Waals surface area contributed by atoms with Crippen molar-refractivity contribution < 1.29 is 14.2 Å². The highest BCUT2D eigenvalue weighted by atomic mass is 32.1. The maximum atomic E-state index is 6.00. The normalized spacial score (nSPS) is 10.3. The number of nitrogens with two attached hydrogens (primary N) is 1. The van der Waals surface area contributed by atoms with Gasteiger partial charge in [-0.2, -0.15) is 0 Å². The van der Waals surface area contributed by atoms with E-state index in [2.05, 4.69) is 4.98 Å². The summed E-state index contributed by atoms with van der Waals surface area (Å²) >= 11 is 1.44. The largest absolute Gasteiger partial charge is 0.496 e. The Morgan fingerprint density at radius 3 is 2.00 bits per heavy atom.